The fourth-order valence-corrected chi connectivity index (χ4v) is 3.09. The molecule has 1 fully saturated rings. The highest BCUT2D eigenvalue weighted by atomic mass is 16.6. The smallest absolute Gasteiger partial charge is 0.334 e. The van der Waals surface area contributed by atoms with Gasteiger partial charge in [0.25, 0.3) is 0 Å². The molecule has 0 bridgehead atoms. The van der Waals surface area contributed by atoms with E-state index >= 15 is 0 Å². The summed E-state index contributed by atoms with van der Waals surface area (Å²) in [5.74, 6) is 1.36. The van der Waals surface area contributed by atoms with Gasteiger partial charge in [-0.05, 0) is 25.2 Å². The second kappa shape index (κ2) is 6.45. The van der Waals surface area contributed by atoms with E-state index < -0.39 is 0 Å². The van der Waals surface area contributed by atoms with Crippen molar-refractivity contribution in [3.8, 4) is 0 Å². The Kier molecular flexibility index (Phi) is 4.85. The number of nitro groups is 1. The van der Waals surface area contributed by atoms with E-state index in [1.54, 1.807) is 11.7 Å². The molecule has 0 amide bonds. The van der Waals surface area contributed by atoms with Crippen LogP contribution < -0.4 is 5.32 Å². The van der Waals surface area contributed by atoms with Crippen LogP contribution >= 0.6 is 0 Å². The largest absolute Gasteiger partial charge is 0.362 e. The number of rotatable bonds is 4. The highest BCUT2D eigenvalue weighted by Gasteiger charge is 2.30. The number of aromatic nitrogens is 2. The van der Waals surface area contributed by atoms with E-state index in [-0.39, 0.29) is 16.5 Å². The molecule has 2 rings (SSSR count). The van der Waals surface area contributed by atoms with Crippen LogP contribution in [0, 0.1) is 16.0 Å². The van der Waals surface area contributed by atoms with Gasteiger partial charge in [-0.15, -0.1) is 0 Å². The second-order valence-corrected chi connectivity index (χ2v) is 6.57. The molecule has 118 valence electrons. The predicted molar refractivity (Wildman–Crippen MR) is 83.6 cm³/mol. The molecule has 1 N–H and O–H groups in total. The maximum Gasteiger partial charge on any atom is 0.334 e. The van der Waals surface area contributed by atoms with Gasteiger partial charge in [0.05, 0.1) is 4.92 Å². The van der Waals surface area contributed by atoms with Crippen LogP contribution in [-0.4, -0.2) is 20.7 Å². The molecule has 1 aromatic rings. The number of nitrogens with zero attached hydrogens (tertiary/aromatic N) is 3. The van der Waals surface area contributed by atoms with Crippen molar-refractivity contribution in [2.24, 2.45) is 13.0 Å². The molecule has 0 aliphatic heterocycles. The molecular weight excluding hydrogens is 268 g/mol. The Morgan fingerprint density at radius 3 is 2.67 bits per heavy atom. The number of aryl methyl sites for hydroxylation is 1. The second-order valence-electron chi connectivity index (χ2n) is 6.57. The van der Waals surface area contributed by atoms with E-state index in [2.05, 4.69) is 17.3 Å². The van der Waals surface area contributed by atoms with Crippen molar-refractivity contribution >= 4 is 11.5 Å². The molecule has 21 heavy (non-hydrogen) atoms. The topological polar surface area (TPSA) is 73.0 Å². The summed E-state index contributed by atoms with van der Waals surface area (Å²) in [6.07, 6.45) is 5.76. The summed E-state index contributed by atoms with van der Waals surface area (Å²) in [5, 5.41) is 19.2. The summed E-state index contributed by atoms with van der Waals surface area (Å²) < 4.78 is 1.63. The molecule has 1 saturated carbocycles. The first-order valence-electron chi connectivity index (χ1n) is 7.88. The van der Waals surface area contributed by atoms with Crippen LogP contribution in [0.3, 0.4) is 0 Å². The summed E-state index contributed by atoms with van der Waals surface area (Å²) in [7, 11) is 1.78. The van der Waals surface area contributed by atoms with E-state index in [0.29, 0.717) is 17.6 Å². The van der Waals surface area contributed by atoms with Crippen LogP contribution in [0.1, 0.15) is 64.5 Å². The van der Waals surface area contributed by atoms with Gasteiger partial charge in [-0.1, -0.05) is 33.6 Å². The van der Waals surface area contributed by atoms with Crippen LogP contribution in [0.5, 0.6) is 0 Å². The zero-order chi connectivity index (χ0) is 15.6. The zero-order valence-electron chi connectivity index (χ0n) is 13.4. The highest BCUT2D eigenvalue weighted by Crippen LogP contribution is 2.34. The third kappa shape index (κ3) is 3.54. The van der Waals surface area contributed by atoms with Crippen LogP contribution in [0.4, 0.5) is 11.5 Å². The lowest BCUT2D eigenvalue weighted by atomic mass is 10.0. The van der Waals surface area contributed by atoms with Crippen molar-refractivity contribution in [2.75, 3.05) is 5.32 Å². The van der Waals surface area contributed by atoms with Gasteiger partial charge in [-0.25, -0.2) is 4.68 Å². The van der Waals surface area contributed by atoms with Crippen LogP contribution in [-0.2, 0) is 7.05 Å². The summed E-state index contributed by atoms with van der Waals surface area (Å²) in [4.78, 5) is 11.1. The molecule has 2 unspecified atom stereocenters. The van der Waals surface area contributed by atoms with Crippen molar-refractivity contribution in [2.45, 2.75) is 64.8 Å². The molecule has 0 aromatic carbocycles. The Hall–Kier alpha value is -1.59. The molecule has 0 saturated heterocycles. The number of anilines is 1. The lowest BCUT2D eigenvalue weighted by Gasteiger charge is -2.17. The molecule has 2 atom stereocenters. The normalized spacial score (nSPS) is 23.1. The number of hydrogen-bond acceptors (Lipinski definition) is 4. The summed E-state index contributed by atoms with van der Waals surface area (Å²) in [5.41, 5.74) is 0.705. The van der Waals surface area contributed by atoms with Crippen molar-refractivity contribution in [3.63, 3.8) is 0 Å². The summed E-state index contributed by atoms with van der Waals surface area (Å²) in [6, 6.07) is 0.309. The van der Waals surface area contributed by atoms with Crippen molar-refractivity contribution in [3.05, 3.63) is 15.8 Å². The molecule has 6 nitrogen and oxygen atoms in total. The first-order chi connectivity index (χ1) is 9.90. The van der Waals surface area contributed by atoms with E-state index in [0.717, 1.165) is 18.8 Å². The van der Waals surface area contributed by atoms with Gasteiger partial charge in [-0.3, -0.25) is 10.1 Å². The Balaban J connectivity index is 2.24. The minimum absolute atomic E-state index is 0.0429. The summed E-state index contributed by atoms with van der Waals surface area (Å²) >= 11 is 0. The lowest BCUT2D eigenvalue weighted by Crippen LogP contribution is -2.21. The standard InChI is InChI=1S/C15H26N4O2/c1-10(2)13-14(19(20)21)15(18(4)17-13)16-12-7-5-6-11(3)8-9-12/h10-12,16H,5-9H2,1-4H3. The van der Waals surface area contributed by atoms with Gasteiger partial charge in [0.2, 0.25) is 5.82 Å². The van der Waals surface area contributed by atoms with E-state index in [9.17, 15) is 10.1 Å². The highest BCUT2D eigenvalue weighted by molar-refractivity contribution is 5.61. The van der Waals surface area contributed by atoms with Gasteiger partial charge in [0.1, 0.15) is 5.69 Å². The van der Waals surface area contributed by atoms with Gasteiger partial charge in [-0.2, -0.15) is 5.10 Å². The Morgan fingerprint density at radius 2 is 2.05 bits per heavy atom. The maximum atomic E-state index is 11.4. The lowest BCUT2D eigenvalue weighted by molar-refractivity contribution is -0.384. The Bertz CT molecular complexity index is 510. The molecule has 1 heterocycles. The van der Waals surface area contributed by atoms with Crippen LogP contribution in [0.2, 0.25) is 0 Å². The van der Waals surface area contributed by atoms with Gasteiger partial charge in [0.15, 0.2) is 0 Å². The Morgan fingerprint density at radius 1 is 1.33 bits per heavy atom. The minimum atomic E-state index is -0.302. The average molecular weight is 294 g/mol. The molecule has 1 aromatic heterocycles. The van der Waals surface area contributed by atoms with Crippen LogP contribution in [0.25, 0.3) is 0 Å². The van der Waals surface area contributed by atoms with Crippen LogP contribution in [0.15, 0.2) is 0 Å². The van der Waals surface area contributed by atoms with Gasteiger partial charge >= 0.3 is 5.69 Å². The molecule has 6 heteroatoms. The zero-order valence-corrected chi connectivity index (χ0v) is 13.4. The van der Waals surface area contributed by atoms with Gasteiger partial charge < -0.3 is 5.32 Å². The third-order valence-corrected chi connectivity index (χ3v) is 4.38. The monoisotopic (exact) mass is 294 g/mol. The van der Waals surface area contributed by atoms with Crippen molar-refractivity contribution < 1.29 is 4.92 Å². The minimum Gasteiger partial charge on any atom is -0.362 e. The molecule has 1 aliphatic rings. The van der Waals surface area contributed by atoms with E-state index in [4.69, 9.17) is 0 Å². The van der Waals surface area contributed by atoms with E-state index in [1.165, 1.54) is 19.3 Å². The first kappa shape index (κ1) is 15.8. The quantitative estimate of drug-likeness (QED) is 0.520. The number of nitrogens with one attached hydrogen (secondary N) is 1. The third-order valence-electron chi connectivity index (χ3n) is 4.38. The van der Waals surface area contributed by atoms with Crippen molar-refractivity contribution in [1.82, 2.24) is 9.78 Å². The Labute approximate surface area is 126 Å². The molecule has 0 radical (unpaired) electrons. The molecular formula is C15H26N4O2. The van der Waals surface area contributed by atoms with Crippen molar-refractivity contribution in [1.29, 1.82) is 0 Å². The predicted octanol–water partition coefficient (Wildman–Crippen LogP) is 3.83. The first-order valence-corrected chi connectivity index (χ1v) is 7.88. The average Bonchev–Trinajstić information content (AvgIpc) is 2.59. The fourth-order valence-electron chi connectivity index (χ4n) is 3.09. The molecule has 1 aliphatic carbocycles. The van der Waals surface area contributed by atoms with E-state index in [1.807, 2.05) is 13.8 Å². The maximum absolute atomic E-state index is 11.4. The van der Waals surface area contributed by atoms with Gasteiger partial charge in [0, 0.05) is 19.0 Å². The summed E-state index contributed by atoms with van der Waals surface area (Å²) in [6.45, 7) is 6.16. The SMILES string of the molecule is CC1CCCC(Nc2c([N+](=O)[O-])c(C(C)C)nn2C)CC1. The molecule has 0 spiro atoms. The fraction of sp³-hybridized carbons (Fsp3) is 0.800. The number of hydrogen-bond donors (Lipinski definition) is 1.